The standard InChI is InChI=1S/C22H20N2O4/c1-2-26-22(25)20-13-12-17(28-20)14-24-19-11-7-6-10-18(19)21(23-24)27-15-16-8-4-3-5-9-16/h3-13H,2,14-15H2,1H3. The topological polar surface area (TPSA) is 66.5 Å². The zero-order valence-electron chi connectivity index (χ0n) is 15.5. The predicted octanol–water partition coefficient (Wildman–Crippen LogP) is 4.43. The summed E-state index contributed by atoms with van der Waals surface area (Å²) in [5, 5.41) is 5.53. The molecular formula is C22H20N2O4. The molecule has 0 aliphatic rings. The zero-order valence-corrected chi connectivity index (χ0v) is 15.5. The molecule has 2 aromatic carbocycles. The molecule has 0 aliphatic carbocycles. The van der Waals surface area contributed by atoms with Crippen molar-refractivity contribution in [2.24, 2.45) is 0 Å². The number of para-hydroxylation sites is 1. The zero-order chi connectivity index (χ0) is 19.3. The number of fused-ring (bicyclic) bond motifs is 1. The van der Waals surface area contributed by atoms with E-state index >= 15 is 0 Å². The monoisotopic (exact) mass is 376 g/mol. The van der Waals surface area contributed by atoms with Gasteiger partial charge in [0, 0.05) is 0 Å². The molecule has 0 saturated carbocycles. The van der Waals surface area contributed by atoms with Crippen LogP contribution in [0.4, 0.5) is 0 Å². The molecule has 0 amide bonds. The normalized spacial score (nSPS) is 10.9. The lowest BCUT2D eigenvalue weighted by Crippen LogP contribution is -2.04. The van der Waals surface area contributed by atoms with Crippen LogP contribution in [0, 0.1) is 0 Å². The molecule has 0 radical (unpaired) electrons. The number of aromatic nitrogens is 2. The average molecular weight is 376 g/mol. The van der Waals surface area contributed by atoms with Gasteiger partial charge in [0.25, 0.3) is 0 Å². The number of carbonyl (C=O) groups is 1. The molecule has 142 valence electrons. The Morgan fingerprint density at radius 1 is 1.04 bits per heavy atom. The SMILES string of the molecule is CCOC(=O)c1ccc(Cn2nc(OCc3ccccc3)c3ccccc32)o1. The Balaban J connectivity index is 1.57. The minimum absolute atomic E-state index is 0.189. The third-order valence-corrected chi connectivity index (χ3v) is 4.29. The van der Waals surface area contributed by atoms with Gasteiger partial charge in [0.15, 0.2) is 0 Å². The highest BCUT2D eigenvalue weighted by Gasteiger charge is 2.15. The molecule has 0 unspecified atom stereocenters. The summed E-state index contributed by atoms with van der Waals surface area (Å²) >= 11 is 0. The van der Waals surface area contributed by atoms with E-state index in [1.807, 2.05) is 59.3 Å². The lowest BCUT2D eigenvalue weighted by Gasteiger charge is -2.03. The van der Waals surface area contributed by atoms with E-state index in [1.54, 1.807) is 19.1 Å². The van der Waals surface area contributed by atoms with Gasteiger partial charge in [0.1, 0.15) is 12.4 Å². The fourth-order valence-electron chi connectivity index (χ4n) is 2.97. The van der Waals surface area contributed by atoms with Crippen LogP contribution in [0.5, 0.6) is 5.88 Å². The number of hydrogen-bond acceptors (Lipinski definition) is 5. The molecule has 4 aromatic rings. The van der Waals surface area contributed by atoms with Crippen LogP contribution in [-0.2, 0) is 17.9 Å². The number of furan rings is 1. The van der Waals surface area contributed by atoms with Crippen LogP contribution in [-0.4, -0.2) is 22.4 Å². The Kier molecular flexibility index (Phi) is 5.10. The molecule has 0 fully saturated rings. The minimum Gasteiger partial charge on any atom is -0.471 e. The summed E-state index contributed by atoms with van der Waals surface area (Å²) in [5.41, 5.74) is 2.01. The van der Waals surface area contributed by atoms with Crippen molar-refractivity contribution < 1.29 is 18.7 Å². The Labute approximate surface area is 162 Å². The molecule has 6 nitrogen and oxygen atoms in total. The Hall–Kier alpha value is -3.54. The highest BCUT2D eigenvalue weighted by Crippen LogP contribution is 2.26. The van der Waals surface area contributed by atoms with Gasteiger partial charge in [0.05, 0.1) is 24.1 Å². The number of carbonyl (C=O) groups excluding carboxylic acids is 1. The molecule has 0 N–H and O–H groups in total. The Bertz CT molecular complexity index is 1080. The van der Waals surface area contributed by atoms with Crippen molar-refractivity contribution in [3.63, 3.8) is 0 Å². The van der Waals surface area contributed by atoms with Crippen LogP contribution >= 0.6 is 0 Å². The van der Waals surface area contributed by atoms with Crippen molar-refractivity contribution in [1.82, 2.24) is 9.78 Å². The molecule has 0 spiro atoms. The number of rotatable bonds is 7. The minimum atomic E-state index is -0.467. The molecule has 2 aromatic heterocycles. The maximum atomic E-state index is 11.8. The number of benzene rings is 2. The summed E-state index contributed by atoms with van der Waals surface area (Å²) in [6.07, 6.45) is 0. The van der Waals surface area contributed by atoms with E-state index in [0.717, 1.165) is 16.5 Å². The van der Waals surface area contributed by atoms with Crippen LogP contribution < -0.4 is 4.74 Å². The molecule has 4 rings (SSSR count). The van der Waals surface area contributed by atoms with Crippen molar-refractivity contribution in [1.29, 1.82) is 0 Å². The first-order valence-electron chi connectivity index (χ1n) is 9.12. The summed E-state index contributed by atoms with van der Waals surface area (Å²) in [4.78, 5) is 11.8. The lowest BCUT2D eigenvalue weighted by molar-refractivity contribution is 0.0488. The van der Waals surface area contributed by atoms with Crippen molar-refractivity contribution in [3.8, 4) is 5.88 Å². The highest BCUT2D eigenvalue weighted by atomic mass is 16.5. The van der Waals surface area contributed by atoms with Crippen molar-refractivity contribution in [3.05, 3.63) is 83.8 Å². The second-order valence-corrected chi connectivity index (χ2v) is 6.24. The fraction of sp³-hybridized carbons (Fsp3) is 0.182. The number of nitrogens with zero attached hydrogens (tertiary/aromatic N) is 2. The lowest BCUT2D eigenvalue weighted by atomic mass is 10.2. The van der Waals surface area contributed by atoms with Crippen LogP contribution in [0.15, 0.2) is 71.1 Å². The molecule has 6 heteroatoms. The third-order valence-electron chi connectivity index (χ3n) is 4.29. The van der Waals surface area contributed by atoms with E-state index in [0.29, 0.717) is 31.4 Å². The van der Waals surface area contributed by atoms with Gasteiger partial charge in [-0.05, 0) is 36.8 Å². The van der Waals surface area contributed by atoms with Gasteiger partial charge in [-0.25, -0.2) is 4.79 Å². The van der Waals surface area contributed by atoms with Gasteiger partial charge >= 0.3 is 5.97 Å². The van der Waals surface area contributed by atoms with Crippen molar-refractivity contribution in [2.45, 2.75) is 20.1 Å². The number of ether oxygens (including phenoxy) is 2. The van der Waals surface area contributed by atoms with Gasteiger partial charge in [-0.1, -0.05) is 42.5 Å². The van der Waals surface area contributed by atoms with Crippen LogP contribution in [0.3, 0.4) is 0 Å². The van der Waals surface area contributed by atoms with E-state index in [1.165, 1.54) is 0 Å². The van der Waals surface area contributed by atoms with E-state index in [4.69, 9.17) is 13.9 Å². The van der Waals surface area contributed by atoms with Gasteiger partial charge in [-0.15, -0.1) is 5.10 Å². The molecule has 2 heterocycles. The number of esters is 1. The van der Waals surface area contributed by atoms with Gasteiger partial charge in [-0.2, -0.15) is 0 Å². The largest absolute Gasteiger partial charge is 0.471 e. The first-order valence-corrected chi connectivity index (χ1v) is 9.12. The van der Waals surface area contributed by atoms with Gasteiger partial charge in [-0.3, -0.25) is 4.68 Å². The maximum Gasteiger partial charge on any atom is 0.374 e. The van der Waals surface area contributed by atoms with Crippen LogP contribution in [0.2, 0.25) is 0 Å². The second-order valence-electron chi connectivity index (χ2n) is 6.24. The first-order chi connectivity index (χ1) is 13.7. The summed E-state index contributed by atoms with van der Waals surface area (Å²) in [7, 11) is 0. The molecule has 0 bridgehead atoms. The van der Waals surface area contributed by atoms with Gasteiger partial charge < -0.3 is 13.9 Å². The predicted molar refractivity (Wildman–Crippen MR) is 104 cm³/mol. The molecule has 0 saturated heterocycles. The molecule has 0 atom stereocenters. The summed E-state index contributed by atoms with van der Waals surface area (Å²) in [6.45, 7) is 2.89. The summed E-state index contributed by atoms with van der Waals surface area (Å²) in [5.74, 6) is 0.905. The average Bonchev–Trinajstić information content (AvgIpc) is 3.33. The summed E-state index contributed by atoms with van der Waals surface area (Å²) in [6, 6.07) is 21.2. The number of hydrogen-bond donors (Lipinski definition) is 0. The van der Waals surface area contributed by atoms with Gasteiger partial charge in [0.2, 0.25) is 11.6 Å². The van der Waals surface area contributed by atoms with E-state index in [9.17, 15) is 4.79 Å². The third kappa shape index (κ3) is 3.76. The quantitative estimate of drug-likeness (QED) is 0.446. The van der Waals surface area contributed by atoms with Crippen molar-refractivity contribution in [2.75, 3.05) is 6.61 Å². The molecule has 0 aliphatic heterocycles. The molecular weight excluding hydrogens is 356 g/mol. The smallest absolute Gasteiger partial charge is 0.374 e. The van der Waals surface area contributed by atoms with E-state index < -0.39 is 5.97 Å². The second kappa shape index (κ2) is 8.00. The Morgan fingerprint density at radius 2 is 1.82 bits per heavy atom. The van der Waals surface area contributed by atoms with E-state index in [2.05, 4.69) is 5.10 Å². The fourth-order valence-corrected chi connectivity index (χ4v) is 2.97. The highest BCUT2D eigenvalue weighted by molar-refractivity contribution is 5.86. The maximum absolute atomic E-state index is 11.8. The first kappa shape index (κ1) is 17.9. The molecule has 28 heavy (non-hydrogen) atoms. The van der Waals surface area contributed by atoms with Crippen molar-refractivity contribution >= 4 is 16.9 Å². The van der Waals surface area contributed by atoms with Crippen LogP contribution in [0.1, 0.15) is 28.8 Å². The Morgan fingerprint density at radius 3 is 2.64 bits per heavy atom. The van der Waals surface area contributed by atoms with Crippen LogP contribution in [0.25, 0.3) is 10.9 Å². The summed E-state index contributed by atoms with van der Waals surface area (Å²) < 4.78 is 18.3. The van der Waals surface area contributed by atoms with E-state index in [-0.39, 0.29) is 5.76 Å².